The Morgan fingerprint density at radius 2 is 2.00 bits per heavy atom. The van der Waals surface area contributed by atoms with E-state index < -0.39 is 0 Å². The first-order valence-electron chi connectivity index (χ1n) is 5.20. The lowest BCUT2D eigenvalue weighted by Crippen LogP contribution is -2.10. The van der Waals surface area contributed by atoms with Crippen LogP contribution in [0.3, 0.4) is 0 Å². The van der Waals surface area contributed by atoms with E-state index in [0.717, 1.165) is 29.8 Å². The molecular formula is C12H19NO. The fraction of sp³-hybridized carbons (Fsp3) is 0.583. The molecule has 1 aromatic heterocycles. The summed E-state index contributed by atoms with van der Waals surface area (Å²) in [5.41, 5.74) is 3.04. The molecule has 1 aromatic rings. The smallest absolute Gasteiger partial charge is 0.184 e. The highest BCUT2D eigenvalue weighted by atomic mass is 16.1. The summed E-state index contributed by atoms with van der Waals surface area (Å²) in [6.45, 7) is 8.20. The molecule has 0 aliphatic heterocycles. The third kappa shape index (κ3) is 2.72. The lowest BCUT2D eigenvalue weighted by atomic mass is 10.1. The Bertz CT molecular complexity index is 363. The standard InChI is InChI=1S/C12H19NO/c1-8(2)5-6-11-7-12(14)9(3)10(4)13-11/h7-8H,5-6H2,1-4H3,(H,13,14). The first kappa shape index (κ1) is 11.0. The van der Waals surface area contributed by atoms with Gasteiger partial charge in [0.2, 0.25) is 0 Å². The Labute approximate surface area is 85.4 Å². The van der Waals surface area contributed by atoms with E-state index in [1.165, 1.54) is 0 Å². The molecule has 0 fully saturated rings. The van der Waals surface area contributed by atoms with Crippen LogP contribution in [-0.2, 0) is 6.42 Å². The number of aromatic amines is 1. The topological polar surface area (TPSA) is 32.9 Å². The molecule has 0 aliphatic rings. The van der Waals surface area contributed by atoms with Crippen molar-refractivity contribution in [2.45, 2.75) is 40.5 Å². The maximum Gasteiger partial charge on any atom is 0.184 e. The highest BCUT2D eigenvalue weighted by molar-refractivity contribution is 5.20. The minimum atomic E-state index is 0.153. The third-order valence-electron chi connectivity index (χ3n) is 2.58. The molecule has 0 saturated carbocycles. The molecule has 14 heavy (non-hydrogen) atoms. The largest absolute Gasteiger partial charge is 0.362 e. The van der Waals surface area contributed by atoms with E-state index in [0.29, 0.717) is 5.92 Å². The summed E-state index contributed by atoms with van der Waals surface area (Å²) < 4.78 is 0. The lowest BCUT2D eigenvalue weighted by molar-refractivity contribution is 0.580. The van der Waals surface area contributed by atoms with Crippen LogP contribution in [0.4, 0.5) is 0 Å². The number of rotatable bonds is 3. The van der Waals surface area contributed by atoms with Gasteiger partial charge < -0.3 is 4.98 Å². The van der Waals surface area contributed by atoms with Crippen LogP contribution in [0.5, 0.6) is 0 Å². The van der Waals surface area contributed by atoms with Crippen molar-refractivity contribution in [3.05, 3.63) is 33.2 Å². The van der Waals surface area contributed by atoms with E-state index in [1.807, 2.05) is 13.8 Å². The Balaban J connectivity index is 2.85. The predicted molar refractivity (Wildman–Crippen MR) is 59.7 cm³/mol. The number of nitrogens with one attached hydrogen (secondary N) is 1. The summed E-state index contributed by atoms with van der Waals surface area (Å²) in [6.07, 6.45) is 2.09. The molecule has 0 saturated heterocycles. The van der Waals surface area contributed by atoms with E-state index in [4.69, 9.17) is 0 Å². The Kier molecular flexibility index (Phi) is 3.50. The van der Waals surface area contributed by atoms with Crippen molar-refractivity contribution in [3.63, 3.8) is 0 Å². The van der Waals surface area contributed by atoms with E-state index in [1.54, 1.807) is 6.07 Å². The van der Waals surface area contributed by atoms with Crippen molar-refractivity contribution in [2.75, 3.05) is 0 Å². The molecule has 0 amide bonds. The SMILES string of the molecule is Cc1[nH]c(CCC(C)C)cc(=O)c1C. The zero-order valence-corrected chi connectivity index (χ0v) is 9.48. The number of aryl methyl sites for hydroxylation is 2. The van der Waals surface area contributed by atoms with Crippen LogP contribution < -0.4 is 5.43 Å². The van der Waals surface area contributed by atoms with Gasteiger partial charge in [0.25, 0.3) is 0 Å². The van der Waals surface area contributed by atoms with Crippen molar-refractivity contribution in [2.24, 2.45) is 5.92 Å². The van der Waals surface area contributed by atoms with Gasteiger partial charge in [-0.15, -0.1) is 0 Å². The lowest BCUT2D eigenvalue weighted by Gasteiger charge is -2.07. The summed E-state index contributed by atoms with van der Waals surface area (Å²) in [6, 6.07) is 1.73. The molecule has 2 heteroatoms. The average molecular weight is 193 g/mol. The van der Waals surface area contributed by atoms with E-state index in [-0.39, 0.29) is 5.43 Å². The predicted octanol–water partition coefficient (Wildman–Crippen LogP) is 2.58. The molecule has 0 atom stereocenters. The first-order chi connectivity index (χ1) is 6.50. The molecule has 1 N–H and O–H groups in total. The number of H-pyrrole nitrogens is 1. The Morgan fingerprint density at radius 1 is 1.36 bits per heavy atom. The van der Waals surface area contributed by atoms with Crippen molar-refractivity contribution in [1.82, 2.24) is 4.98 Å². The number of hydrogen-bond donors (Lipinski definition) is 1. The van der Waals surface area contributed by atoms with Gasteiger partial charge in [0, 0.05) is 23.0 Å². The van der Waals surface area contributed by atoms with Crippen molar-refractivity contribution < 1.29 is 0 Å². The summed E-state index contributed by atoms with van der Waals surface area (Å²) >= 11 is 0. The van der Waals surface area contributed by atoms with Crippen molar-refractivity contribution >= 4 is 0 Å². The average Bonchev–Trinajstić information content (AvgIpc) is 2.10. The molecule has 2 nitrogen and oxygen atoms in total. The van der Waals surface area contributed by atoms with Gasteiger partial charge in [0.05, 0.1) is 0 Å². The summed E-state index contributed by atoms with van der Waals surface area (Å²) in [7, 11) is 0. The van der Waals surface area contributed by atoms with Gasteiger partial charge in [-0.05, 0) is 32.6 Å². The highest BCUT2D eigenvalue weighted by Gasteiger charge is 2.02. The van der Waals surface area contributed by atoms with Crippen LogP contribution in [0, 0.1) is 19.8 Å². The third-order valence-corrected chi connectivity index (χ3v) is 2.58. The molecule has 0 spiro atoms. The second kappa shape index (κ2) is 4.45. The number of aromatic nitrogens is 1. The summed E-state index contributed by atoms with van der Waals surface area (Å²) in [5.74, 6) is 0.681. The van der Waals surface area contributed by atoms with Crippen LogP contribution >= 0.6 is 0 Å². The second-order valence-corrected chi connectivity index (χ2v) is 4.34. The summed E-state index contributed by atoms with van der Waals surface area (Å²) in [5, 5.41) is 0. The highest BCUT2D eigenvalue weighted by Crippen LogP contribution is 2.07. The van der Waals surface area contributed by atoms with Crippen LogP contribution in [0.2, 0.25) is 0 Å². The minimum Gasteiger partial charge on any atom is -0.362 e. The Morgan fingerprint density at radius 3 is 2.50 bits per heavy atom. The maximum absolute atomic E-state index is 11.5. The first-order valence-corrected chi connectivity index (χ1v) is 5.20. The van der Waals surface area contributed by atoms with Crippen LogP contribution in [0.1, 0.15) is 37.2 Å². The minimum absolute atomic E-state index is 0.153. The zero-order chi connectivity index (χ0) is 10.7. The monoisotopic (exact) mass is 193 g/mol. The van der Waals surface area contributed by atoms with Gasteiger partial charge >= 0.3 is 0 Å². The molecule has 78 valence electrons. The van der Waals surface area contributed by atoms with Crippen LogP contribution in [0.25, 0.3) is 0 Å². The zero-order valence-electron chi connectivity index (χ0n) is 9.48. The summed E-state index contributed by atoms with van der Waals surface area (Å²) in [4.78, 5) is 14.8. The van der Waals surface area contributed by atoms with Gasteiger partial charge in [0.1, 0.15) is 0 Å². The van der Waals surface area contributed by atoms with Crippen LogP contribution in [0.15, 0.2) is 10.9 Å². The molecular weight excluding hydrogens is 174 g/mol. The van der Waals surface area contributed by atoms with E-state index >= 15 is 0 Å². The molecule has 1 heterocycles. The van der Waals surface area contributed by atoms with E-state index in [9.17, 15) is 4.79 Å². The second-order valence-electron chi connectivity index (χ2n) is 4.34. The van der Waals surface area contributed by atoms with Crippen LogP contribution in [-0.4, -0.2) is 4.98 Å². The van der Waals surface area contributed by atoms with Gasteiger partial charge in [-0.1, -0.05) is 13.8 Å². The fourth-order valence-corrected chi connectivity index (χ4v) is 1.40. The molecule has 0 radical (unpaired) electrons. The van der Waals surface area contributed by atoms with Crippen molar-refractivity contribution in [1.29, 1.82) is 0 Å². The normalized spacial score (nSPS) is 10.9. The van der Waals surface area contributed by atoms with Gasteiger partial charge in [-0.25, -0.2) is 0 Å². The van der Waals surface area contributed by atoms with E-state index in [2.05, 4.69) is 18.8 Å². The molecule has 0 aromatic carbocycles. The fourth-order valence-electron chi connectivity index (χ4n) is 1.40. The van der Waals surface area contributed by atoms with Crippen molar-refractivity contribution in [3.8, 4) is 0 Å². The quantitative estimate of drug-likeness (QED) is 0.786. The van der Waals surface area contributed by atoms with Gasteiger partial charge in [-0.2, -0.15) is 0 Å². The molecule has 1 rings (SSSR count). The Hall–Kier alpha value is -1.05. The molecule has 0 bridgehead atoms. The van der Waals surface area contributed by atoms with Gasteiger partial charge in [0.15, 0.2) is 5.43 Å². The molecule has 0 unspecified atom stereocenters. The van der Waals surface area contributed by atoms with Gasteiger partial charge in [-0.3, -0.25) is 4.79 Å². The maximum atomic E-state index is 11.5. The molecule has 0 aliphatic carbocycles. The number of hydrogen-bond acceptors (Lipinski definition) is 1. The number of pyridine rings is 1.